The number of hydrogen-bond donors (Lipinski definition) is 1. The molecule has 7 nitrogen and oxygen atoms in total. The number of carboxylic acids is 1. The highest BCUT2D eigenvalue weighted by Crippen LogP contribution is 2.34. The van der Waals surface area contributed by atoms with Gasteiger partial charge in [0.15, 0.2) is 5.65 Å². The van der Waals surface area contributed by atoms with Gasteiger partial charge >= 0.3 is 5.97 Å². The van der Waals surface area contributed by atoms with E-state index in [9.17, 15) is 14.7 Å². The van der Waals surface area contributed by atoms with Crippen molar-refractivity contribution in [2.24, 2.45) is 5.41 Å². The maximum atomic E-state index is 12.8. The number of aromatic nitrogens is 3. The summed E-state index contributed by atoms with van der Waals surface area (Å²) in [6.45, 7) is 2.68. The van der Waals surface area contributed by atoms with Crippen LogP contribution in [0.15, 0.2) is 24.7 Å². The first-order valence-electron chi connectivity index (χ1n) is 7.38. The van der Waals surface area contributed by atoms with Gasteiger partial charge in [-0.15, -0.1) is 10.2 Å². The summed E-state index contributed by atoms with van der Waals surface area (Å²) in [4.78, 5) is 26.0. The van der Waals surface area contributed by atoms with Crippen LogP contribution >= 0.6 is 0 Å². The quantitative estimate of drug-likeness (QED) is 0.927. The second-order valence-electron chi connectivity index (χ2n) is 5.75. The van der Waals surface area contributed by atoms with Crippen molar-refractivity contribution in [2.75, 3.05) is 13.1 Å². The molecule has 1 saturated heterocycles. The van der Waals surface area contributed by atoms with Gasteiger partial charge in [-0.05, 0) is 31.4 Å². The van der Waals surface area contributed by atoms with E-state index in [0.717, 1.165) is 0 Å². The van der Waals surface area contributed by atoms with E-state index < -0.39 is 11.4 Å². The van der Waals surface area contributed by atoms with Crippen LogP contribution in [0.4, 0.5) is 0 Å². The molecule has 7 heteroatoms. The fourth-order valence-electron chi connectivity index (χ4n) is 3.11. The number of hydrogen-bond acceptors (Lipinski definition) is 4. The molecule has 0 spiro atoms. The number of likely N-dealkylation sites (tertiary alicyclic amines) is 1. The Kier molecular flexibility index (Phi) is 3.56. The molecule has 2 aromatic heterocycles. The third kappa shape index (κ3) is 2.22. The molecule has 1 aliphatic heterocycles. The van der Waals surface area contributed by atoms with Gasteiger partial charge in [0.2, 0.25) is 0 Å². The molecule has 1 fully saturated rings. The van der Waals surface area contributed by atoms with E-state index in [4.69, 9.17) is 0 Å². The molecule has 3 heterocycles. The summed E-state index contributed by atoms with van der Waals surface area (Å²) in [6.07, 6.45) is 5.13. The molecule has 1 aliphatic rings. The summed E-state index contributed by atoms with van der Waals surface area (Å²) in [5.74, 6) is -1.01. The largest absolute Gasteiger partial charge is 0.481 e. The Morgan fingerprint density at radius 2 is 2.27 bits per heavy atom. The van der Waals surface area contributed by atoms with Crippen molar-refractivity contribution in [3.8, 4) is 0 Å². The number of carbonyl (C=O) groups is 2. The van der Waals surface area contributed by atoms with Gasteiger partial charge in [-0.3, -0.25) is 14.0 Å². The lowest BCUT2D eigenvalue weighted by atomic mass is 9.77. The number of amides is 1. The number of pyridine rings is 1. The van der Waals surface area contributed by atoms with Crippen molar-refractivity contribution in [1.82, 2.24) is 19.5 Å². The minimum Gasteiger partial charge on any atom is -0.481 e. The molecular formula is C15H18N4O3. The van der Waals surface area contributed by atoms with E-state index in [1.54, 1.807) is 27.6 Å². The molecule has 2 aromatic rings. The maximum Gasteiger partial charge on any atom is 0.311 e. The van der Waals surface area contributed by atoms with Crippen LogP contribution in [-0.2, 0) is 4.79 Å². The molecule has 0 aromatic carbocycles. The summed E-state index contributed by atoms with van der Waals surface area (Å²) in [5, 5.41) is 17.3. The maximum absolute atomic E-state index is 12.8. The first-order chi connectivity index (χ1) is 10.6. The van der Waals surface area contributed by atoms with Gasteiger partial charge in [-0.1, -0.05) is 6.92 Å². The Morgan fingerprint density at radius 1 is 1.45 bits per heavy atom. The summed E-state index contributed by atoms with van der Waals surface area (Å²) < 4.78 is 1.68. The fraction of sp³-hybridized carbons (Fsp3) is 0.467. The molecule has 1 amide bonds. The molecule has 1 N–H and O–H groups in total. The number of aliphatic carboxylic acids is 1. The lowest BCUT2D eigenvalue weighted by Gasteiger charge is -2.39. The average molecular weight is 302 g/mol. The van der Waals surface area contributed by atoms with Gasteiger partial charge in [0, 0.05) is 19.3 Å². The third-order valence-electron chi connectivity index (χ3n) is 4.55. The smallest absolute Gasteiger partial charge is 0.311 e. The Bertz CT molecular complexity index is 726. The summed E-state index contributed by atoms with van der Waals surface area (Å²) >= 11 is 0. The molecule has 0 bridgehead atoms. The van der Waals surface area contributed by atoms with E-state index >= 15 is 0 Å². The lowest BCUT2D eigenvalue weighted by molar-refractivity contribution is -0.152. The highest BCUT2D eigenvalue weighted by atomic mass is 16.4. The van der Waals surface area contributed by atoms with E-state index in [1.165, 1.54) is 6.33 Å². The van der Waals surface area contributed by atoms with Crippen molar-refractivity contribution < 1.29 is 14.7 Å². The molecule has 0 aliphatic carbocycles. The number of carboxylic acid groups (broad SMARTS) is 1. The predicted octanol–water partition coefficient (Wildman–Crippen LogP) is 1.45. The fourth-order valence-corrected chi connectivity index (χ4v) is 3.11. The number of rotatable bonds is 3. The van der Waals surface area contributed by atoms with Gasteiger partial charge < -0.3 is 10.0 Å². The van der Waals surface area contributed by atoms with Crippen LogP contribution in [0.5, 0.6) is 0 Å². The van der Waals surface area contributed by atoms with Crippen molar-refractivity contribution in [1.29, 1.82) is 0 Å². The third-order valence-corrected chi connectivity index (χ3v) is 4.55. The van der Waals surface area contributed by atoms with Crippen molar-refractivity contribution in [2.45, 2.75) is 26.2 Å². The van der Waals surface area contributed by atoms with Crippen molar-refractivity contribution in [3.63, 3.8) is 0 Å². The first kappa shape index (κ1) is 14.5. The monoisotopic (exact) mass is 302 g/mol. The molecule has 3 rings (SSSR count). The molecule has 0 unspecified atom stereocenters. The molecule has 1 atom stereocenters. The highest BCUT2D eigenvalue weighted by Gasteiger charge is 2.42. The molecule has 0 saturated carbocycles. The lowest BCUT2D eigenvalue weighted by Crippen LogP contribution is -2.49. The van der Waals surface area contributed by atoms with E-state index in [1.807, 2.05) is 6.92 Å². The summed E-state index contributed by atoms with van der Waals surface area (Å²) in [7, 11) is 0. The zero-order valence-electron chi connectivity index (χ0n) is 12.4. The van der Waals surface area contributed by atoms with Crippen LogP contribution in [0.3, 0.4) is 0 Å². The SMILES string of the molecule is CC[C@]1(C(=O)O)CCCN(C(=O)c2cccn3cnnc23)C1. The van der Waals surface area contributed by atoms with Crippen LogP contribution in [0.1, 0.15) is 36.5 Å². The zero-order chi connectivity index (χ0) is 15.7. The standard InChI is InChI=1S/C15H18N4O3/c1-2-15(14(21)22)6-4-8-18(9-15)13(20)11-5-3-7-19-10-16-17-12(11)19/h3,5,7,10H,2,4,6,8-9H2,1H3,(H,21,22)/t15-/m0/s1. The minimum absolute atomic E-state index is 0.183. The highest BCUT2D eigenvalue weighted by molar-refractivity contribution is 6.00. The van der Waals surface area contributed by atoms with Crippen LogP contribution in [0.25, 0.3) is 5.65 Å². The topological polar surface area (TPSA) is 87.8 Å². The van der Waals surface area contributed by atoms with Gasteiger partial charge in [-0.25, -0.2) is 0 Å². The van der Waals surface area contributed by atoms with Gasteiger partial charge in [-0.2, -0.15) is 0 Å². The Morgan fingerprint density at radius 3 is 3.00 bits per heavy atom. The number of nitrogens with zero attached hydrogens (tertiary/aromatic N) is 4. The van der Waals surface area contributed by atoms with Crippen molar-refractivity contribution in [3.05, 3.63) is 30.2 Å². The van der Waals surface area contributed by atoms with Gasteiger partial charge in [0.05, 0.1) is 11.0 Å². The van der Waals surface area contributed by atoms with Crippen molar-refractivity contribution >= 4 is 17.5 Å². The van der Waals surface area contributed by atoms with E-state index in [2.05, 4.69) is 10.2 Å². The molecular weight excluding hydrogens is 284 g/mol. The Labute approximate surface area is 127 Å². The molecule has 22 heavy (non-hydrogen) atoms. The van der Waals surface area contributed by atoms with Crippen LogP contribution in [0.2, 0.25) is 0 Å². The van der Waals surface area contributed by atoms with Gasteiger partial charge in [0.25, 0.3) is 5.91 Å². The second-order valence-corrected chi connectivity index (χ2v) is 5.75. The Balaban J connectivity index is 1.92. The van der Waals surface area contributed by atoms with Crippen LogP contribution in [0, 0.1) is 5.41 Å². The average Bonchev–Trinajstić information content (AvgIpc) is 3.02. The molecule has 0 radical (unpaired) electrons. The number of carbonyl (C=O) groups excluding carboxylic acids is 1. The Hall–Kier alpha value is -2.44. The second kappa shape index (κ2) is 5.40. The van der Waals surface area contributed by atoms with E-state index in [0.29, 0.717) is 37.0 Å². The number of fused-ring (bicyclic) bond motifs is 1. The summed E-state index contributed by atoms with van der Waals surface area (Å²) in [6, 6.07) is 3.47. The van der Waals surface area contributed by atoms with Crippen LogP contribution < -0.4 is 0 Å². The predicted molar refractivity (Wildman–Crippen MR) is 78.5 cm³/mol. The first-order valence-corrected chi connectivity index (χ1v) is 7.38. The zero-order valence-corrected chi connectivity index (χ0v) is 12.4. The van der Waals surface area contributed by atoms with Crippen LogP contribution in [-0.4, -0.2) is 49.6 Å². The van der Waals surface area contributed by atoms with E-state index in [-0.39, 0.29) is 12.5 Å². The minimum atomic E-state index is -0.841. The number of piperidine rings is 1. The normalized spacial score (nSPS) is 22.0. The summed E-state index contributed by atoms with van der Waals surface area (Å²) in [5.41, 5.74) is 0.111. The molecule has 116 valence electrons. The van der Waals surface area contributed by atoms with Gasteiger partial charge in [0.1, 0.15) is 6.33 Å².